The van der Waals surface area contributed by atoms with Crippen molar-refractivity contribution in [3.05, 3.63) is 24.4 Å². The van der Waals surface area contributed by atoms with Gasteiger partial charge in [-0.2, -0.15) is 0 Å². The van der Waals surface area contributed by atoms with E-state index >= 15 is 0 Å². The van der Waals surface area contributed by atoms with Crippen LogP contribution < -0.4 is 0 Å². The monoisotopic (exact) mass is 274 g/mol. The average molecular weight is 275 g/mol. The smallest absolute Gasteiger partial charge is 0.268 e. The largest absolute Gasteiger partial charge is 0.545 e. The molecule has 17 heavy (non-hydrogen) atoms. The highest BCUT2D eigenvalue weighted by molar-refractivity contribution is 6.70. The first-order chi connectivity index (χ1) is 7.53. The second-order valence-corrected chi connectivity index (χ2v) is 14.6. The minimum Gasteiger partial charge on any atom is -0.545 e. The van der Waals surface area contributed by atoms with Gasteiger partial charge in [0.25, 0.3) is 5.95 Å². The van der Waals surface area contributed by atoms with Crippen LogP contribution >= 0.6 is 0 Å². The third kappa shape index (κ3) is 10.2. The zero-order valence-electron chi connectivity index (χ0n) is 12.2. The first-order valence-corrected chi connectivity index (χ1v) is 12.8. The van der Waals surface area contributed by atoms with Gasteiger partial charge in [-0.3, -0.25) is 0 Å². The van der Waals surface area contributed by atoms with Crippen LogP contribution in [0.15, 0.2) is 24.4 Å². The van der Waals surface area contributed by atoms with Crippen molar-refractivity contribution >= 4 is 16.6 Å². The van der Waals surface area contributed by atoms with Crippen LogP contribution in [-0.2, 0) is 13.6 Å². The van der Waals surface area contributed by atoms with Crippen molar-refractivity contribution in [1.82, 2.24) is 0 Å². The maximum Gasteiger partial charge on any atom is 0.268 e. The highest BCUT2D eigenvalue weighted by atomic mass is 28.4. The van der Waals surface area contributed by atoms with E-state index in [0.29, 0.717) is 18.3 Å². The lowest BCUT2D eigenvalue weighted by atomic mass is 10.5. The standard InChI is InChI=1S/C12H26O3Si2/c1-9-13-12(15-17(6,7)8)10-11(2)14-16(3,4)5/h10H,2,9H2,1,3-8H3/b12-10-. The fraction of sp³-hybridized carbons (Fsp3) is 0.667. The van der Waals surface area contributed by atoms with E-state index in [0.717, 1.165) is 0 Å². The van der Waals surface area contributed by atoms with E-state index < -0.39 is 16.6 Å². The fourth-order valence-electron chi connectivity index (χ4n) is 1.10. The Bertz CT molecular complexity index is 285. The number of rotatable bonds is 7. The summed E-state index contributed by atoms with van der Waals surface area (Å²) in [5.41, 5.74) is 0. The van der Waals surface area contributed by atoms with Crippen molar-refractivity contribution in [3.63, 3.8) is 0 Å². The molecule has 0 saturated heterocycles. The maximum atomic E-state index is 5.82. The van der Waals surface area contributed by atoms with Crippen LogP contribution in [0.3, 0.4) is 0 Å². The van der Waals surface area contributed by atoms with E-state index in [9.17, 15) is 0 Å². The number of allylic oxidation sites excluding steroid dienone is 1. The lowest BCUT2D eigenvalue weighted by Gasteiger charge is -2.23. The van der Waals surface area contributed by atoms with Crippen LogP contribution in [0.2, 0.25) is 39.3 Å². The highest BCUT2D eigenvalue weighted by Crippen LogP contribution is 2.16. The van der Waals surface area contributed by atoms with Gasteiger partial charge in [0.1, 0.15) is 5.76 Å². The van der Waals surface area contributed by atoms with Gasteiger partial charge in [-0.05, 0) is 46.2 Å². The van der Waals surface area contributed by atoms with E-state index in [2.05, 4.69) is 45.9 Å². The molecule has 0 aromatic rings. The first-order valence-electron chi connectivity index (χ1n) is 5.95. The van der Waals surface area contributed by atoms with Crippen LogP contribution in [0.25, 0.3) is 0 Å². The summed E-state index contributed by atoms with van der Waals surface area (Å²) in [6.45, 7) is 19.1. The molecule has 0 aliphatic rings. The quantitative estimate of drug-likeness (QED) is 0.398. The van der Waals surface area contributed by atoms with Crippen LogP contribution in [-0.4, -0.2) is 23.2 Å². The summed E-state index contributed by atoms with van der Waals surface area (Å²) in [7, 11) is -3.27. The molecule has 0 amide bonds. The predicted octanol–water partition coefficient (Wildman–Crippen LogP) is 4.08. The molecule has 5 heteroatoms. The molecule has 0 spiro atoms. The molecular weight excluding hydrogens is 248 g/mol. The first kappa shape index (κ1) is 16.3. The van der Waals surface area contributed by atoms with Gasteiger partial charge < -0.3 is 13.6 Å². The van der Waals surface area contributed by atoms with Crippen molar-refractivity contribution < 1.29 is 13.6 Å². The highest BCUT2D eigenvalue weighted by Gasteiger charge is 2.20. The van der Waals surface area contributed by atoms with Gasteiger partial charge in [0.2, 0.25) is 16.6 Å². The Morgan fingerprint density at radius 3 is 1.82 bits per heavy atom. The fourth-order valence-corrected chi connectivity index (χ4v) is 2.67. The van der Waals surface area contributed by atoms with Gasteiger partial charge in [-0.15, -0.1) is 0 Å². The molecule has 0 unspecified atom stereocenters. The van der Waals surface area contributed by atoms with Gasteiger partial charge in [0.15, 0.2) is 0 Å². The second kappa shape index (κ2) is 6.30. The Kier molecular flexibility index (Phi) is 6.05. The van der Waals surface area contributed by atoms with Crippen molar-refractivity contribution in [3.8, 4) is 0 Å². The molecule has 0 aromatic carbocycles. The van der Waals surface area contributed by atoms with Crippen LogP contribution in [0.5, 0.6) is 0 Å². The molecule has 0 N–H and O–H groups in total. The average Bonchev–Trinajstić information content (AvgIpc) is 1.95. The Hall–Kier alpha value is -0.686. The van der Waals surface area contributed by atoms with Crippen LogP contribution in [0.4, 0.5) is 0 Å². The minimum atomic E-state index is -1.66. The van der Waals surface area contributed by atoms with E-state index in [4.69, 9.17) is 13.6 Å². The molecule has 0 saturated carbocycles. The number of ether oxygens (including phenoxy) is 1. The summed E-state index contributed by atoms with van der Waals surface area (Å²) in [6.07, 6.45) is 1.75. The number of hydrogen-bond acceptors (Lipinski definition) is 3. The topological polar surface area (TPSA) is 27.7 Å². The third-order valence-corrected chi connectivity index (χ3v) is 3.10. The van der Waals surface area contributed by atoms with Crippen LogP contribution in [0, 0.1) is 0 Å². The summed E-state index contributed by atoms with van der Waals surface area (Å²) >= 11 is 0. The van der Waals surface area contributed by atoms with Crippen molar-refractivity contribution in [2.24, 2.45) is 0 Å². The van der Waals surface area contributed by atoms with Gasteiger partial charge in [-0.25, -0.2) is 0 Å². The van der Waals surface area contributed by atoms with E-state index in [1.807, 2.05) is 6.92 Å². The Labute approximate surface area is 108 Å². The summed E-state index contributed by atoms with van der Waals surface area (Å²) in [5, 5.41) is 0. The summed E-state index contributed by atoms with van der Waals surface area (Å²) in [5.74, 6) is 1.14. The summed E-state index contributed by atoms with van der Waals surface area (Å²) in [6, 6.07) is 0. The van der Waals surface area contributed by atoms with E-state index in [1.165, 1.54) is 0 Å². The molecule has 0 fully saturated rings. The summed E-state index contributed by atoms with van der Waals surface area (Å²) in [4.78, 5) is 0. The molecule has 0 heterocycles. The predicted molar refractivity (Wildman–Crippen MR) is 77.7 cm³/mol. The van der Waals surface area contributed by atoms with Crippen molar-refractivity contribution in [2.45, 2.75) is 46.2 Å². The van der Waals surface area contributed by atoms with Gasteiger partial charge in [0.05, 0.1) is 12.7 Å². The normalized spacial score (nSPS) is 13.2. The summed E-state index contributed by atoms with van der Waals surface area (Å²) < 4.78 is 17.0. The zero-order chi connectivity index (χ0) is 13.7. The number of hydrogen-bond donors (Lipinski definition) is 0. The molecule has 100 valence electrons. The SMILES string of the molecule is C=C(/C=C(/OCC)O[Si](C)(C)C)O[Si](C)(C)C. The molecule has 0 radical (unpaired) electrons. The lowest BCUT2D eigenvalue weighted by molar-refractivity contribution is 0.111. The molecule has 0 aliphatic heterocycles. The van der Waals surface area contributed by atoms with E-state index in [-0.39, 0.29) is 0 Å². The lowest BCUT2D eigenvalue weighted by Crippen LogP contribution is -2.27. The third-order valence-electron chi connectivity index (χ3n) is 1.41. The molecule has 0 aromatic heterocycles. The van der Waals surface area contributed by atoms with Crippen molar-refractivity contribution in [1.29, 1.82) is 0 Å². The van der Waals surface area contributed by atoms with Crippen LogP contribution in [0.1, 0.15) is 6.92 Å². The molecule has 3 nitrogen and oxygen atoms in total. The van der Waals surface area contributed by atoms with Gasteiger partial charge in [-0.1, -0.05) is 6.58 Å². The van der Waals surface area contributed by atoms with E-state index in [1.54, 1.807) is 6.08 Å². The molecule has 0 bridgehead atoms. The molecule has 0 aliphatic carbocycles. The minimum absolute atomic E-state index is 0.523. The zero-order valence-corrected chi connectivity index (χ0v) is 14.2. The molecule has 0 rings (SSSR count). The van der Waals surface area contributed by atoms with Gasteiger partial charge >= 0.3 is 0 Å². The maximum absolute atomic E-state index is 5.82. The Morgan fingerprint density at radius 2 is 1.47 bits per heavy atom. The molecular formula is C12H26O3Si2. The Balaban J connectivity index is 4.64. The molecule has 0 atom stereocenters. The Morgan fingerprint density at radius 1 is 1.00 bits per heavy atom. The second-order valence-electron chi connectivity index (χ2n) is 5.79. The van der Waals surface area contributed by atoms with Crippen molar-refractivity contribution in [2.75, 3.05) is 6.61 Å². The van der Waals surface area contributed by atoms with Gasteiger partial charge in [0, 0.05) is 0 Å².